The molecule has 0 heterocycles. The predicted molar refractivity (Wildman–Crippen MR) is 47.9 cm³/mol. The lowest BCUT2D eigenvalue weighted by Crippen LogP contribution is -1.93. The number of rotatable bonds is 2. The van der Waals surface area contributed by atoms with Crippen LogP contribution in [-0.4, -0.2) is 12.0 Å². The molecular weight excluding hydrogens is 156 g/mol. The van der Waals surface area contributed by atoms with Crippen LogP contribution in [0.4, 0.5) is 0 Å². The van der Waals surface area contributed by atoms with Gasteiger partial charge in [-0.1, -0.05) is 18.2 Å². The van der Waals surface area contributed by atoms with Crippen LogP contribution in [0, 0.1) is 6.92 Å². The van der Waals surface area contributed by atoms with E-state index in [4.69, 9.17) is 0 Å². The number of ketones is 1. The molecule has 2 heteroatoms. The first-order valence-corrected chi connectivity index (χ1v) is 4.47. The Hall–Kier alpha value is -0.760. The van der Waals surface area contributed by atoms with Gasteiger partial charge in [-0.25, -0.2) is 0 Å². The maximum absolute atomic E-state index is 10.9. The van der Waals surface area contributed by atoms with Crippen molar-refractivity contribution in [1.29, 1.82) is 0 Å². The van der Waals surface area contributed by atoms with Gasteiger partial charge >= 0.3 is 0 Å². The Morgan fingerprint density at radius 2 is 2.09 bits per heavy atom. The van der Waals surface area contributed by atoms with Crippen LogP contribution in [0.2, 0.25) is 0 Å². The largest absolute Gasteiger partial charge is 0.294 e. The van der Waals surface area contributed by atoms with Crippen LogP contribution in [0.25, 0.3) is 0 Å². The summed E-state index contributed by atoms with van der Waals surface area (Å²) in [4.78, 5) is 11.9. The molecule has 0 atom stereocenters. The summed E-state index contributed by atoms with van der Waals surface area (Å²) in [5.74, 6) is -0.116. The summed E-state index contributed by atoms with van der Waals surface area (Å²) in [6, 6.07) is 7.47. The second-order valence-electron chi connectivity index (χ2n) is 2.12. The quantitative estimate of drug-likeness (QED) is 0.494. The maximum Gasteiger partial charge on any atom is 0.164 e. The highest BCUT2D eigenvalue weighted by Gasteiger charge is 2.03. The first-order valence-electron chi connectivity index (χ1n) is 3.25. The molecular formula is C9H9OS. The minimum absolute atomic E-state index is 0.116. The lowest BCUT2D eigenvalue weighted by atomic mass is 10.1. The average Bonchev–Trinajstić information content (AvgIpc) is 2.04. The van der Waals surface area contributed by atoms with Crippen molar-refractivity contribution in [3.8, 4) is 0 Å². The summed E-state index contributed by atoms with van der Waals surface area (Å²) < 4.78 is 0. The minimum atomic E-state index is -0.116. The van der Waals surface area contributed by atoms with Crippen molar-refractivity contribution in [2.75, 3.05) is 6.26 Å². The lowest BCUT2D eigenvalue weighted by Gasteiger charge is -2.00. The molecule has 1 aromatic carbocycles. The van der Waals surface area contributed by atoms with Crippen LogP contribution >= 0.6 is 11.8 Å². The van der Waals surface area contributed by atoms with Crippen molar-refractivity contribution in [2.45, 2.75) is 4.90 Å². The zero-order valence-electron chi connectivity index (χ0n) is 6.33. The van der Waals surface area contributed by atoms with Gasteiger partial charge in [0.1, 0.15) is 0 Å². The fourth-order valence-electron chi connectivity index (χ4n) is 0.875. The molecule has 11 heavy (non-hydrogen) atoms. The lowest BCUT2D eigenvalue weighted by molar-refractivity contribution is 0.104. The molecule has 57 valence electrons. The third-order valence-electron chi connectivity index (χ3n) is 1.41. The summed E-state index contributed by atoms with van der Waals surface area (Å²) in [5.41, 5.74) is 0.708. The van der Waals surface area contributed by atoms with E-state index >= 15 is 0 Å². The van der Waals surface area contributed by atoms with Crippen molar-refractivity contribution in [1.82, 2.24) is 0 Å². The van der Waals surface area contributed by atoms with Crippen LogP contribution in [-0.2, 0) is 0 Å². The molecule has 0 fully saturated rings. The van der Waals surface area contributed by atoms with Crippen molar-refractivity contribution in [3.63, 3.8) is 0 Å². The monoisotopic (exact) mass is 165 g/mol. The smallest absolute Gasteiger partial charge is 0.164 e. The third kappa shape index (κ3) is 1.84. The topological polar surface area (TPSA) is 17.1 Å². The van der Waals surface area contributed by atoms with Gasteiger partial charge in [-0.2, -0.15) is 0 Å². The number of thioether (sulfide) groups is 1. The molecule has 1 radical (unpaired) electrons. The first kappa shape index (κ1) is 8.34. The van der Waals surface area contributed by atoms with Gasteiger partial charge in [-0.3, -0.25) is 4.79 Å². The number of hydrogen-bond acceptors (Lipinski definition) is 2. The van der Waals surface area contributed by atoms with Gasteiger partial charge in [0.25, 0.3) is 0 Å². The molecule has 0 saturated heterocycles. The van der Waals surface area contributed by atoms with Gasteiger partial charge in [0.2, 0.25) is 0 Å². The van der Waals surface area contributed by atoms with Gasteiger partial charge < -0.3 is 0 Å². The number of carbonyl (C=O) groups is 1. The zero-order valence-corrected chi connectivity index (χ0v) is 7.15. The van der Waals surface area contributed by atoms with Gasteiger partial charge in [0.05, 0.1) is 0 Å². The minimum Gasteiger partial charge on any atom is -0.294 e. The molecule has 0 amide bonds. The van der Waals surface area contributed by atoms with E-state index in [0.29, 0.717) is 5.56 Å². The van der Waals surface area contributed by atoms with Gasteiger partial charge in [-0.05, 0) is 12.3 Å². The molecule has 0 N–H and O–H groups in total. The molecule has 1 rings (SSSR count). The van der Waals surface area contributed by atoms with E-state index < -0.39 is 0 Å². The summed E-state index contributed by atoms with van der Waals surface area (Å²) >= 11 is 1.56. The van der Waals surface area contributed by atoms with Crippen molar-refractivity contribution >= 4 is 17.5 Å². The van der Waals surface area contributed by atoms with E-state index in [9.17, 15) is 4.79 Å². The summed E-state index contributed by atoms with van der Waals surface area (Å²) in [5, 5.41) is 0. The highest BCUT2D eigenvalue weighted by molar-refractivity contribution is 7.98. The van der Waals surface area contributed by atoms with Crippen LogP contribution in [0.15, 0.2) is 29.2 Å². The van der Waals surface area contributed by atoms with Gasteiger partial charge in [0, 0.05) is 17.4 Å². The van der Waals surface area contributed by atoms with Crippen molar-refractivity contribution in [2.24, 2.45) is 0 Å². The molecule has 0 unspecified atom stereocenters. The maximum atomic E-state index is 10.9. The molecule has 0 bridgehead atoms. The standard InChI is InChI=1S/C9H9OS/c1-7(10)8-5-3-4-6-9(8)11-2/h3-6H,1H2,2H3. The average molecular weight is 165 g/mol. The number of carbonyl (C=O) groups excluding carboxylic acids is 1. The molecule has 0 spiro atoms. The SMILES string of the molecule is [CH2]C(=O)c1ccccc1SC. The fraction of sp³-hybridized carbons (Fsp3) is 0.111. The first-order chi connectivity index (χ1) is 5.25. The second-order valence-corrected chi connectivity index (χ2v) is 2.97. The zero-order chi connectivity index (χ0) is 8.27. The summed E-state index contributed by atoms with van der Waals surface area (Å²) in [7, 11) is 0. The van der Waals surface area contributed by atoms with E-state index in [1.807, 2.05) is 24.5 Å². The summed E-state index contributed by atoms with van der Waals surface area (Å²) in [6.45, 7) is 3.37. The Morgan fingerprint density at radius 3 is 2.55 bits per heavy atom. The Morgan fingerprint density at radius 1 is 1.45 bits per heavy atom. The van der Waals surface area contributed by atoms with Crippen molar-refractivity contribution < 1.29 is 4.79 Å². The van der Waals surface area contributed by atoms with E-state index in [-0.39, 0.29) is 5.78 Å². The molecule has 0 aliphatic heterocycles. The molecule has 0 aromatic heterocycles. The van der Waals surface area contributed by atoms with E-state index in [2.05, 4.69) is 6.92 Å². The fourth-order valence-corrected chi connectivity index (χ4v) is 1.49. The number of hydrogen-bond donors (Lipinski definition) is 0. The Balaban J connectivity index is 3.12. The van der Waals surface area contributed by atoms with E-state index in [0.717, 1.165) is 4.90 Å². The highest BCUT2D eigenvalue weighted by Crippen LogP contribution is 2.19. The van der Waals surface area contributed by atoms with Gasteiger partial charge in [0.15, 0.2) is 5.78 Å². The number of benzene rings is 1. The van der Waals surface area contributed by atoms with Crippen molar-refractivity contribution in [3.05, 3.63) is 36.8 Å². The van der Waals surface area contributed by atoms with Crippen LogP contribution < -0.4 is 0 Å². The molecule has 0 aliphatic rings. The second kappa shape index (κ2) is 3.58. The highest BCUT2D eigenvalue weighted by atomic mass is 32.2. The van der Waals surface area contributed by atoms with Crippen LogP contribution in [0.3, 0.4) is 0 Å². The Labute approximate surface area is 70.8 Å². The Bertz CT molecular complexity index is 268. The van der Waals surface area contributed by atoms with Gasteiger partial charge in [-0.15, -0.1) is 11.8 Å². The normalized spacial score (nSPS) is 9.64. The Kier molecular flexibility index (Phi) is 2.71. The predicted octanol–water partition coefficient (Wildman–Crippen LogP) is 2.43. The molecule has 0 saturated carbocycles. The van der Waals surface area contributed by atoms with Crippen LogP contribution in [0.5, 0.6) is 0 Å². The van der Waals surface area contributed by atoms with E-state index in [1.165, 1.54) is 0 Å². The van der Waals surface area contributed by atoms with E-state index in [1.54, 1.807) is 17.8 Å². The summed E-state index contributed by atoms with van der Waals surface area (Å²) in [6.07, 6.45) is 1.95. The third-order valence-corrected chi connectivity index (χ3v) is 2.20. The molecule has 1 nitrogen and oxygen atoms in total. The molecule has 0 aliphatic carbocycles. The number of Topliss-reactive ketones (excluding diaryl/α,β-unsaturated/α-hetero) is 1. The van der Waals surface area contributed by atoms with Crippen LogP contribution in [0.1, 0.15) is 10.4 Å². The molecule has 1 aromatic rings.